The number of hydrogen-bond acceptors (Lipinski definition) is 6. The lowest BCUT2D eigenvalue weighted by Crippen LogP contribution is -2.42. The Morgan fingerprint density at radius 1 is 1.15 bits per heavy atom. The fourth-order valence-corrected chi connectivity index (χ4v) is 2.49. The van der Waals surface area contributed by atoms with Crippen LogP contribution in [0.5, 0.6) is 0 Å². The Morgan fingerprint density at radius 3 is 2.35 bits per heavy atom. The molecule has 0 bridgehead atoms. The zero-order valence-electron chi connectivity index (χ0n) is 14.8. The number of amides is 1. The van der Waals surface area contributed by atoms with E-state index in [2.05, 4.69) is 10.6 Å². The second kappa shape index (κ2) is 7.19. The number of anilines is 1. The Kier molecular flexibility index (Phi) is 4.97. The molecule has 0 atom stereocenters. The summed E-state index contributed by atoms with van der Waals surface area (Å²) in [5.41, 5.74) is 1.55. The van der Waals surface area contributed by atoms with Crippen molar-refractivity contribution >= 4 is 23.5 Å². The molecular weight excluding hydrogens is 336 g/mol. The van der Waals surface area contributed by atoms with Gasteiger partial charge in [0.1, 0.15) is 0 Å². The molecule has 0 spiro atoms. The van der Waals surface area contributed by atoms with E-state index in [1.54, 1.807) is 0 Å². The number of cyclic esters (lactones) is 2. The largest absolute Gasteiger partial charge is 0.419 e. The van der Waals surface area contributed by atoms with Crippen molar-refractivity contribution in [3.63, 3.8) is 0 Å². The third-order valence-electron chi connectivity index (χ3n) is 4.04. The molecule has 138 valence electrons. The first-order valence-corrected chi connectivity index (χ1v) is 8.64. The first kappa shape index (κ1) is 18.0. The van der Waals surface area contributed by atoms with Crippen molar-refractivity contribution < 1.29 is 23.9 Å². The molecule has 1 aromatic rings. The molecule has 1 saturated carbocycles. The minimum absolute atomic E-state index is 0.0803. The predicted molar refractivity (Wildman–Crippen MR) is 93.9 cm³/mol. The summed E-state index contributed by atoms with van der Waals surface area (Å²) in [6, 6.07) is 7.80. The molecule has 26 heavy (non-hydrogen) atoms. The number of carbonyl (C=O) groups is 3. The van der Waals surface area contributed by atoms with Crippen molar-refractivity contribution in [2.24, 2.45) is 0 Å². The smallest absolute Gasteiger partial charge is 0.350 e. The van der Waals surface area contributed by atoms with Crippen molar-refractivity contribution in [1.29, 1.82) is 0 Å². The maximum atomic E-state index is 11.9. The van der Waals surface area contributed by atoms with Crippen molar-refractivity contribution in [3.8, 4) is 0 Å². The summed E-state index contributed by atoms with van der Waals surface area (Å²) < 4.78 is 10.0. The zero-order chi connectivity index (χ0) is 18.7. The molecule has 3 rings (SSSR count). The van der Waals surface area contributed by atoms with Crippen LogP contribution in [0.25, 0.3) is 0 Å². The van der Waals surface area contributed by atoms with Crippen LogP contribution in [0.1, 0.15) is 38.7 Å². The molecule has 1 amide bonds. The Hall–Kier alpha value is -2.83. The molecular formula is C19H22N2O5. The molecule has 1 heterocycles. The molecule has 0 unspecified atom stereocenters. The molecule has 7 heteroatoms. The predicted octanol–water partition coefficient (Wildman–Crippen LogP) is 2.03. The van der Waals surface area contributed by atoms with Gasteiger partial charge in [-0.05, 0) is 37.0 Å². The Morgan fingerprint density at radius 2 is 1.77 bits per heavy atom. The van der Waals surface area contributed by atoms with Gasteiger partial charge in [-0.25, -0.2) is 9.59 Å². The molecule has 2 fully saturated rings. The van der Waals surface area contributed by atoms with E-state index in [0.717, 1.165) is 18.4 Å². The van der Waals surface area contributed by atoms with E-state index in [4.69, 9.17) is 9.47 Å². The summed E-state index contributed by atoms with van der Waals surface area (Å²) in [6.07, 6.45) is 4.56. The summed E-state index contributed by atoms with van der Waals surface area (Å²) >= 11 is 0. The van der Waals surface area contributed by atoms with E-state index in [0.29, 0.717) is 24.6 Å². The fourth-order valence-electron chi connectivity index (χ4n) is 2.49. The van der Waals surface area contributed by atoms with Crippen LogP contribution in [0, 0.1) is 0 Å². The maximum Gasteiger partial charge on any atom is 0.350 e. The normalized spacial score (nSPS) is 18.6. The average molecular weight is 358 g/mol. The van der Waals surface area contributed by atoms with Gasteiger partial charge in [-0.15, -0.1) is 0 Å². The van der Waals surface area contributed by atoms with E-state index >= 15 is 0 Å². The van der Waals surface area contributed by atoms with Gasteiger partial charge in [0.05, 0.1) is 0 Å². The standard InChI is InChI=1S/C19H22N2O5/c1-19(2)25-17(23)15(18(24)26-19)11-20-13-6-3-12(4-7-13)5-10-16(22)21-14-8-9-14/h3-4,6-7,11,14,20H,5,8-10H2,1-2H3,(H,21,22). The maximum absolute atomic E-state index is 11.9. The molecule has 2 aliphatic rings. The average Bonchev–Trinajstić information content (AvgIpc) is 3.36. The SMILES string of the molecule is CC1(C)OC(=O)C(=CNc2ccc(CCC(=O)NC3CC3)cc2)C(=O)O1. The molecule has 0 aromatic heterocycles. The van der Waals surface area contributed by atoms with E-state index in [9.17, 15) is 14.4 Å². The van der Waals surface area contributed by atoms with Crippen LogP contribution in [0.2, 0.25) is 0 Å². The van der Waals surface area contributed by atoms with E-state index in [1.807, 2.05) is 24.3 Å². The molecule has 7 nitrogen and oxygen atoms in total. The van der Waals surface area contributed by atoms with Gasteiger partial charge in [0.25, 0.3) is 5.79 Å². The minimum Gasteiger partial charge on any atom is -0.419 e. The number of benzene rings is 1. The molecule has 1 aliphatic heterocycles. The number of ether oxygens (including phenoxy) is 2. The number of aryl methyl sites for hydroxylation is 1. The van der Waals surface area contributed by atoms with Crippen LogP contribution in [0.4, 0.5) is 5.69 Å². The van der Waals surface area contributed by atoms with Crippen LogP contribution in [0.15, 0.2) is 36.0 Å². The van der Waals surface area contributed by atoms with Crippen molar-refractivity contribution in [1.82, 2.24) is 5.32 Å². The van der Waals surface area contributed by atoms with Crippen LogP contribution in [-0.2, 0) is 30.3 Å². The van der Waals surface area contributed by atoms with Gasteiger partial charge in [-0.3, -0.25) is 4.79 Å². The number of carbonyl (C=O) groups excluding carboxylic acids is 3. The summed E-state index contributed by atoms with van der Waals surface area (Å²) in [4.78, 5) is 35.4. The van der Waals surface area contributed by atoms with Gasteiger partial charge in [0, 0.05) is 38.2 Å². The Balaban J connectivity index is 1.53. The van der Waals surface area contributed by atoms with E-state index < -0.39 is 17.7 Å². The Labute approximate surface area is 151 Å². The Bertz CT molecular complexity index is 726. The second-order valence-corrected chi connectivity index (χ2v) is 6.92. The van der Waals surface area contributed by atoms with Gasteiger partial charge in [0.15, 0.2) is 5.57 Å². The first-order valence-electron chi connectivity index (χ1n) is 8.64. The molecule has 1 aliphatic carbocycles. The molecule has 0 radical (unpaired) electrons. The molecule has 1 saturated heterocycles. The van der Waals surface area contributed by atoms with E-state index in [1.165, 1.54) is 20.0 Å². The highest BCUT2D eigenvalue weighted by Gasteiger charge is 2.38. The van der Waals surface area contributed by atoms with Gasteiger partial charge in [0.2, 0.25) is 5.91 Å². The third-order valence-corrected chi connectivity index (χ3v) is 4.04. The number of hydrogen-bond donors (Lipinski definition) is 2. The highest BCUT2D eigenvalue weighted by Crippen LogP contribution is 2.23. The first-order chi connectivity index (χ1) is 12.3. The zero-order valence-corrected chi connectivity index (χ0v) is 14.8. The van der Waals surface area contributed by atoms with Crippen molar-refractivity contribution in [2.75, 3.05) is 5.32 Å². The van der Waals surface area contributed by atoms with E-state index in [-0.39, 0.29) is 11.5 Å². The highest BCUT2D eigenvalue weighted by atomic mass is 16.7. The summed E-state index contributed by atoms with van der Waals surface area (Å²) in [6.45, 7) is 2.99. The summed E-state index contributed by atoms with van der Waals surface area (Å²) in [5, 5.41) is 5.85. The number of nitrogens with one attached hydrogen (secondary N) is 2. The monoisotopic (exact) mass is 358 g/mol. The van der Waals surface area contributed by atoms with Gasteiger partial charge in [-0.2, -0.15) is 0 Å². The third kappa shape index (κ3) is 4.84. The van der Waals surface area contributed by atoms with Crippen LogP contribution in [-0.4, -0.2) is 29.7 Å². The summed E-state index contributed by atoms with van der Waals surface area (Å²) in [7, 11) is 0. The lowest BCUT2D eigenvalue weighted by Gasteiger charge is -2.29. The highest BCUT2D eigenvalue weighted by molar-refractivity contribution is 6.15. The van der Waals surface area contributed by atoms with Crippen molar-refractivity contribution in [3.05, 3.63) is 41.6 Å². The van der Waals surface area contributed by atoms with Crippen LogP contribution >= 0.6 is 0 Å². The fraction of sp³-hybridized carbons (Fsp3) is 0.421. The van der Waals surface area contributed by atoms with Gasteiger partial charge < -0.3 is 20.1 Å². The summed E-state index contributed by atoms with van der Waals surface area (Å²) in [5.74, 6) is -2.62. The van der Waals surface area contributed by atoms with Gasteiger partial charge in [-0.1, -0.05) is 12.1 Å². The lowest BCUT2D eigenvalue weighted by atomic mass is 10.1. The molecule has 1 aromatic carbocycles. The number of rotatable bonds is 6. The van der Waals surface area contributed by atoms with Crippen molar-refractivity contribution in [2.45, 2.75) is 51.4 Å². The van der Waals surface area contributed by atoms with Gasteiger partial charge >= 0.3 is 11.9 Å². The number of esters is 2. The van der Waals surface area contributed by atoms with Crippen LogP contribution in [0.3, 0.4) is 0 Å². The lowest BCUT2D eigenvalue weighted by molar-refractivity contribution is -0.222. The topological polar surface area (TPSA) is 93.7 Å². The van der Waals surface area contributed by atoms with Crippen LogP contribution < -0.4 is 10.6 Å². The molecule has 2 N–H and O–H groups in total. The second-order valence-electron chi connectivity index (χ2n) is 6.92. The minimum atomic E-state index is -1.25. The quantitative estimate of drug-likeness (QED) is 0.459.